The summed E-state index contributed by atoms with van der Waals surface area (Å²) in [5.41, 5.74) is 4.43. The first-order valence-electron chi connectivity index (χ1n) is 8.24. The summed E-state index contributed by atoms with van der Waals surface area (Å²) in [6.45, 7) is 3.89. The summed E-state index contributed by atoms with van der Waals surface area (Å²) in [7, 11) is 0. The average Bonchev–Trinajstić information content (AvgIpc) is 2.91. The molecule has 0 saturated heterocycles. The van der Waals surface area contributed by atoms with Crippen molar-refractivity contribution in [1.82, 2.24) is 5.32 Å². The number of carbonyl (C=O) groups is 1. The minimum absolute atomic E-state index is 0.222. The number of benzene rings is 1. The average molecular weight is 370 g/mol. The van der Waals surface area contributed by atoms with Gasteiger partial charge in [0.15, 0.2) is 5.11 Å². The number of hydrogen-bond donors (Lipinski definition) is 2. The minimum Gasteiger partial charge on any atom is -0.323 e. The lowest BCUT2D eigenvalue weighted by atomic mass is 9.96. The Morgan fingerprint density at radius 1 is 1.28 bits per heavy atom. The third-order valence-electron chi connectivity index (χ3n) is 4.36. The molecule has 2 N–H and O–H groups in total. The number of nitrogens with zero attached hydrogens (tertiary/aromatic N) is 1. The molecule has 0 bridgehead atoms. The Balaban J connectivity index is 1.74. The van der Waals surface area contributed by atoms with Crippen molar-refractivity contribution < 1.29 is 4.79 Å². The standard InChI is InChI=1S/C19H19N3OS2/c1-11-7-8-13(12(2)9-11)17(23)21-19(24)22-18-15(10-20)14-5-3-4-6-16(14)25-18/h7-9H,3-6H2,1-2H3,(H2,21,22,23,24). The number of nitriles is 1. The van der Waals surface area contributed by atoms with Crippen molar-refractivity contribution in [2.45, 2.75) is 39.5 Å². The second-order valence-electron chi connectivity index (χ2n) is 6.25. The van der Waals surface area contributed by atoms with Crippen molar-refractivity contribution in [2.24, 2.45) is 0 Å². The molecule has 0 spiro atoms. The Labute approximate surface area is 156 Å². The Morgan fingerprint density at radius 3 is 2.76 bits per heavy atom. The van der Waals surface area contributed by atoms with E-state index < -0.39 is 0 Å². The van der Waals surface area contributed by atoms with Crippen molar-refractivity contribution in [3.05, 3.63) is 50.9 Å². The maximum absolute atomic E-state index is 12.4. The van der Waals surface area contributed by atoms with E-state index in [-0.39, 0.29) is 11.0 Å². The van der Waals surface area contributed by atoms with Crippen LogP contribution in [0.25, 0.3) is 0 Å². The summed E-state index contributed by atoms with van der Waals surface area (Å²) in [6, 6.07) is 7.95. The molecule has 0 radical (unpaired) electrons. The molecule has 0 saturated carbocycles. The van der Waals surface area contributed by atoms with Crippen molar-refractivity contribution in [3.63, 3.8) is 0 Å². The zero-order valence-electron chi connectivity index (χ0n) is 14.2. The molecule has 1 aliphatic carbocycles. The highest BCUT2D eigenvalue weighted by atomic mass is 32.1. The van der Waals surface area contributed by atoms with Crippen molar-refractivity contribution in [2.75, 3.05) is 5.32 Å². The summed E-state index contributed by atoms with van der Waals surface area (Å²) in [5.74, 6) is -0.241. The Bertz CT molecular complexity index is 893. The van der Waals surface area contributed by atoms with E-state index in [0.29, 0.717) is 11.1 Å². The van der Waals surface area contributed by atoms with Crippen LogP contribution in [0.15, 0.2) is 18.2 Å². The minimum atomic E-state index is -0.241. The highest BCUT2D eigenvalue weighted by molar-refractivity contribution is 7.80. The van der Waals surface area contributed by atoms with Gasteiger partial charge in [0.2, 0.25) is 0 Å². The van der Waals surface area contributed by atoms with Crippen LogP contribution in [0.1, 0.15) is 50.3 Å². The van der Waals surface area contributed by atoms with Gasteiger partial charge in [0, 0.05) is 10.4 Å². The SMILES string of the molecule is Cc1ccc(C(=O)NC(=S)Nc2sc3c(c2C#N)CCCC3)c(C)c1. The van der Waals surface area contributed by atoms with Crippen molar-refractivity contribution in [3.8, 4) is 6.07 Å². The number of fused-ring (bicyclic) bond motifs is 1. The fraction of sp³-hybridized carbons (Fsp3) is 0.316. The topological polar surface area (TPSA) is 64.9 Å². The van der Waals surface area contributed by atoms with E-state index in [1.807, 2.05) is 26.0 Å². The summed E-state index contributed by atoms with van der Waals surface area (Å²) >= 11 is 6.85. The lowest BCUT2D eigenvalue weighted by Gasteiger charge is -2.11. The molecule has 128 valence electrons. The van der Waals surface area contributed by atoms with Crippen LogP contribution in [0.3, 0.4) is 0 Å². The monoisotopic (exact) mass is 369 g/mol. The van der Waals surface area contributed by atoms with Gasteiger partial charge in [-0.1, -0.05) is 17.7 Å². The number of thiophene rings is 1. The van der Waals surface area contributed by atoms with E-state index in [9.17, 15) is 10.1 Å². The van der Waals surface area contributed by atoms with Crippen molar-refractivity contribution in [1.29, 1.82) is 5.26 Å². The fourth-order valence-corrected chi connectivity index (χ4v) is 4.65. The Morgan fingerprint density at radius 2 is 2.04 bits per heavy atom. The van der Waals surface area contributed by atoms with E-state index in [4.69, 9.17) is 12.2 Å². The number of carbonyl (C=O) groups excluding carboxylic acids is 1. The maximum atomic E-state index is 12.4. The number of aryl methyl sites for hydroxylation is 3. The van der Waals surface area contributed by atoms with Crippen LogP contribution in [0, 0.1) is 25.2 Å². The van der Waals surface area contributed by atoms with Gasteiger partial charge in [-0.15, -0.1) is 11.3 Å². The van der Waals surface area contributed by atoms with E-state index in [1.54, 1.807) is 17.4 Å². The number of nitrogens with one attached hydrogen (secondary N) is 2. The zero-order valence-corrected chi connectivity index (χ0v) is 15.9. The van der Waals surface area contributed by atoms with Crippen LogP contribution in [0.5, 0.6) is 0 Å². The van der Waals surface area contributed by atoms with Gasteiger partial charge in [0.1, 0.15) is 11.1 Å². The normalized spacial score (nSPS) is 12.8. The predicted octanol–water partition coefficient (Wildman–Crippen LogP) is 4.24. The number of anilines is 1. The predicted molar refractivity (Wildman–Crippen MR) is 105 cm³/mol. The van der Waals surface area contributed by atoms with Crippen LogP contribution < -0.4 is 10.6 Å². The van der Waals surface area contributed by atoms with Gasteiger partial charge in [0.25, 0.3) is 5.91 Å². The molecule has 0 atom stereocenters. The quantitative estimate of drug-likeness (QED) is 0.777. The Hall–Kier alpha value is -2.23. The lowest BCUT2D eigenvalue weighted by Crippen LogP contribution is -2.34. The summed E-state index contributed by atoms with van der Waals surface area (Å²) in [4.78, 5) is 13.7. The van der Waals surface area contributed by atoms with E-state index in [2.05, 4.69) is 16.7 Å². The molecular weight excluding hydrogens is 350 g/mol. The first-order chi connectivity index (χ1) is 12.0. The summed E-state index contributed by atoms with van der Waals surface area (Å²) < 4.78 is 0. The first-order valence-corrected chi connectivity index (χ1v) is 9.46. The third-order valence-corrected chi connectivity index (χ3v) is 5.78. The molecule has 0 unspecified atom stereocenters. The largest absolute Gasteiger partial charge is 0.323 e. The summed E-state index contributed by atoms with van der Waals surface area (Å²) in [6.07, 6.45) is 4.23. The van der Waals surface area contributed by atoms with Gasteiger partial charge in [-0.3, -0.25) is 10.1 Å². The molecule has 1 amide bonds. The van der Waals surface area contributed by atoms with Crippen LogP contribution in [0.2, 0.25) is 0 Å². The molecule has 2 aromatic rings. The molecule has 1 heterocycles. The molecule has 3 rings (SSSR count). The highest BCUT2D eigenvalue weighted by Gasteiger charge is 2.21. The van der Waals surface area contributed by atoms with E-state index >= 15 is 0 Å². The molecule has 0 fully saturated rings. The van der Waals surface area contributed by atoms with Gasteiger partial charge < -0.3 is 5.32 Å². The number of amides is 1. The fourth-order valence-electron chi connectivity index (χ4n) is 3.15. The maximum Gasteiger partial charge on any atom is 0.257 e. The second-order valence-corrected chi connectivity index (χ2v) is 7.77. The van der Waals surface area contributed by atoms with Crippen LogP contribution in [-0.4, -0.2) is 11.0 Å². The van der Waals surface area contributed by atoms with Crippen LogP contribution in [-0.2, 0) is 12.8 Å². The van der Waals surface area contributed by atoms with Gasteiger partial charge in [-0.25, -0.2) is 0 Å². The van der Waals surface area contributed by atoms with Gasteiger partial charge >= 0.3 is 0 Å². The molecule has 4 nitrogen and oxygen atoms in total. The Kier molecular flexibility index (Phi) is 5.16. The number of thiocarbonyl (C=S) groups is 1. The molecule has 1 aromatic heterocycles. The van der Waals surface area contributed by atoms with Gasteiger partial charge in [-0.05, 0) is 68.9 Å². The summed E-state index contributed by atoms with van der Waals surface area (Å²) in [5, 5.41) is 16.2. The second kappa shape index (κ2) is 7.34. The van der Waals surface area contributed by atoms with Crippen LogP contribution >= 0.6 is 23.6 Å². The van der Waals surface area contributed by atoms with Crippen molar-refractivity contribution >= 4 is 39.6 Å². The first kappa shape index (κ1) is 17.6. The lowest BCUT2D eigenvalue weighted by molar-refractivity contribution is 0.0977. The molecule has 6 heteroatoms. The number of hydrogen-bond acceptors (Lipinski definition) is 4. The third kappa shape index (κ3) is 3.73. The molecular formula is C19H19N3OS2. The van der Waals surface area contributed by atoms with E-state index in [1.165, 1.54) is 4.88 Å². The molecule has 0 aliphatic heterocycles. The van der Waals surface area contributed by atoms with Gasteiger partial charge in [0.05, 0.1) is 5.56 Å². The number of rotatable bonds is 2. The zero-order chi connectivity index (χ0) is 18.0. The molecule has 1 aliphatic rings. The molecule has 25 heavy (non-hydrogen) atoms. The molecule has 1 aromatic carbocycles. The van der Waals surface area contributed by atoms with Gasteiger partial charge in [-0.2, -0.15) is 5.26 Å². The highest BCUT2D eigenvalue weighted by Crippen LogP contribution is 2.37. The smallest absolute Gasteiger partial charge is 0.257 e. The van der Waals surface area contributed by atoms with Crippen LogP contribution in [0.4, 0.5) is 5.00 Å². The van der Waals surface area contributed by atoms with E-state index in [0.717, 1.165) is 47.4 Å².